The predicted molar refractivity (Wildman–Crippen MR) is 100 cm³/mol. The molecule has 0 bridgehead atoms. The molecule has 0 saturated carbocycles. The number of carbonyl (C=O) groups excluding carboxylic acids is 1. The Balaban J connectivity index is 1.43. The van der Waals surface area contributed by atoms with Gasteiger partial charge < -0.3 is 9.32 Å². The van der Waals surface area contributed by atoms with Crippen molar-refractivity contribution < 1.29 is 9.21 Å². The molecule has 0 unspecified atom stereocenters. The van der Waals surface area contributed by atoms with Crippen LogP contribution in [0.3, 0.4) is 0 Å². The Morgan fingerprint density at radius 2 is 2.20 bits per heavy atom. The van der Waals surface area contributed by atoms with Crippen molar-refractivity contribution in [3.05, 3.63) is 46.8 Å². The molecule has 0 atom stereocenters. The minimum atomic E-state index is 0.0733. The third kappa shape index (κ3) is 3.34. The number of fused-ring (bicyclic) bond motifs is 1. The molecule has 1 amide bonds. The number of benzene rings is 1. The van der Waals surface area contributed by atoms with Crippen LogP contribution in [0.15, 0.2) is 45.4 Å². The molecule has 3 heterocycles. The lowest BCUT2D eigenvalue weighted by Gasteiger charge is -2.29. The van der Waals surface area contributed by atoms with Crippen molar-refractivity contribution in [2.45, 2.75) is 25.0 Å². The van der Waals surface area contributed by atoms with E-state index in [1.807, 2.05) is 41.5 Å². The van der Waals surface area contributed by atoms with Crippen LogP contribution < -0.4 is 4.90 Å². The SMILES string of the molecule is Cc1ccsc1-c1nnc(SCC(=O)N2CCCc3ccccc32)o1. The highest BCUT2D eigenvalue weighted by molar-refractivity contribution is 7.99. The number of aryl methyl sites for hydroxylation is 2. The maximum atomic E-state index is 12.6. The maximum Gasteiger partial charge on any atom is 0.277 e. The average molecular weight is 371 g/mol. The van der Waals surface area contributed by atoms with Crippen LogP contribution in [-0.4, -0.2) is 28.4 Å². The third-order valence-corrected chi connectivity index (χ3v) is 6.00. The fourth-order valence-corrected chi connectivity index (χ4v) is 4.43. The van der Waals surface area contributed by atoms with Crippen molar-refractivity contribution in [2.75, 3.05) is 17.2 Å². The summed E-state index contributed by atoms with van der Waals surface area (Å²) in [6.45, 7) is 2.78. The summed E-state index contributed by atoms with van der Waals surface area (Å²) >= 11 is 2.87. The van der Waals surface area contributed by atoms with Gasteiger partial charge in [0.25, 0.3) is 11.1 Å². The summed E-state index contributed by atoms with van der Waals surface area (Å²) in [7, 11) is 0. The lowest BCUT2D eigenvalue weighted by molar-refractivity contribution is -0.116. The number of thiophene rings is 1. The molecule has 128 valence electrons. The molecule has 1 aliphatic rings. The molecule has 5 nitrogen and oxygen atoms in total. The zero-order valence-corrected chi connectivity index (χ0v) is 15.4. The van der Waals surface area contributed by atoms with Gasteiger partial charge in [-0.15, -0.1) is 21.5 Å². The molecule has 2 aromatic heterocycles. The van der Waals surface area contributed by atoms with Gasteiger partial charge in [0.15, 0.2) is 0 Å². The lowest BCUT2D eigenvalue weighted by Crippen LogP contribution is -2.36. The number of hydrogen-bond donors (Lipinski definition) is 0. The van der Waals surface area contributed by atoms with Gasteiger partial charge in [-0.2, -0.15) is 0 Å². The van der Waals surface area contributed by atoms with Crippen LogP contribution in [-0.2, 0) is 11.2 Å². The summed E-state index contributed by atoms with van der Waals surface area (Å²) < 4.78 is 5.70. The topological polar surface area (TPSA) is 59.2 Å². The van der Waals surface area contributed by atoms with Crippen molar-refractivity contribution in [2.24, 2.45) is 0 Å². The Kier molecular flexibility index (Phi) is 4.59. The van der Waals surface area contributed by atoms with E-state index in [1.165, 1.54) is 17.3 Å². The summed E-state index contributed by atoms with van der Waals surface area (Å²) in [6, 6.07) is 10.1. The molecule has 0 aliphatic carbocycles. The van der Waals surface area contributed by atoms with Gasteiger partial charge in [0.05, 0.1) is 10.6 Å². The number of para-hydroxylation sites is 1. The van der Waals surface area contributed by atoms with E-state index in [9.17, 15) is 4.79 Å². The Labute approximate surface area is 154 Å². The second-order valence-electron chi connectivity index (χ2n) is 5.87. The van der Waals surface area contributed by atoms with Crippen LogP contribution in [0.1, 0.15) is 17.5 Å². The molecule has 1 aromatic carbocycles. The highest BCUT2D eigenvalue weighted by Gasteiger charge is 2.23. The average Bonchev–Trinajstić information content (AvgIpc) is 3.27. The molecule has 0 fully saturated rings. The van der Waals surface area contributed by atoms with E-state index in [0.717, 1.165) is 35.5 Å². The van der Waals surface area contributed by atoms with Crippen LogP contribution in [0.2, 0.25) is 0 Å². The van der Waals surface area contributed by atoms with E-state index in [1.54, 1.807) is 11.3 Å². The summed E-state index contributed by atoms with van der Waals surface area (Å²) in [5.41, 5.74) is 3.38. The van der Waals surface area contributed by atoms with Crippen molar-refractivity contribution >= 4 is 34.7 Å². The summed E-state index contributed by atoms with van der Waals surface area (Å²) in [4.78, 5) is 15.5. The number of aromatic nitrogens is 2. The van der Waals surface area contributed by atoms with Gasteiger partial charge in [0, 0.05) is 12.2 Å². The molecule has 0 saturated heterocycles. The Morgan fingerprint density at radius 1 is 1.32 bits per heavy atom. The number of anilines is 1. The van der Waals surface area contributed by atoms with Gasteiger partial charge in [-0.1, -0.05) is 30.0 Å². The molecule has 1 aliphatic heterocycles. The number of thioether (sulfide) groups is 1. The van der Waals surface area contributed by atoms with Crippen LogP contribution in [0, 0.1) is 6.92 Å². The molecule has 0 radical (unpaired) electrons. The quantitative estimate of drug-likeness (QED) is 0.644. The number of rotatable bonds is 4. The fraction of sp³-hybridized carbons (Fsp3) is 0.278. The second-order valence-corrected chi connectivity index (χ2v) is 7.71. The van der Waals surface area contributed by atoms with E-state index in [-0.39, 0.29) is 5.91 Å². The molecule has 3 aromatic rings. The van der Waals surface area contributed by atoms with E-state index in [0.29, 0.717) is 16.9 Å². The monoisotopic (exact) mass is 371 g/mol. The van der Waals surface area contributed by atoms with Gasteiger partial charge in [-0.05, 0) is 48.4 Å². The van der Waals surface area contributed by atoms with E-state index < -0.39 is 0 Å². The molecule has 7 heteroatoms. The summed E-state index contributed by atoms with van der Waals surface area (Å²) in [5, 5.41) is 10.6. The van der Waals surface area contributed by atoms with Gasteiger partial charge in [0.2, 0.25) is 5.91 Å². The number of carbonyl (C=O) groups is 1. The molecule has 4 rings (SSSR count). The van der Waals surface area contributed by atoms with Crippen LogP contribution >= 0.6 is 23.1 Å². The van der Waals surface area contributed by atoms with E-state index >= 15 is 0 Å². The Bertz CT molecular complexity index is 903. The van der Waals surface area contributed by atoms with Gasteiger partial charge in [0.1, 0.15) is 0 Å². The van der Waals surface area contributed by atoms with Crippen molar-refractivity contribution in [3.8, 4) is 10.8 Å². The van der Waals surface area contributed by atoms with Gasteiger partial charge in [-0.3, -0.25) is 4.79 Å². The van der Waals surface area contributed by atoms with Crippen LogP contribution in [0.5, 0.6) is 0 Å². The Morgan fingerprint density at radius 3 is 3.04 bits per heavy atom. The van der Waals surface area contributed by atoms with Crippen molar-refractivity contribution in [1.29, 1.82) is 0 Å². The van der Waals surface area contributed by atoms with E-state index in [2.05, 4.69) is 16.3 Å². The van der Waals surface area contributed by atoms with Gasteiger partial charge >= 0.3 is 0 Å². The molecule has 0 spiro atoms. The van der Waals surface area contributed by atoms with Gasteiger partial charge in [-0.25, -0.2) is 0 Å². The minimum absolute atomic E-state index is 0.0733. The van der Waals surface area contributed by atoms with Crippen molar-refractivity contribution in [3.63, 3.8) is 0 Å². The fourth-order valence-electron chi connectivity index (χ4n) is 2.95. The standard InChI is InChI=1S/C18H17N3O2S2/c1-12-8-10-24-16(12)17-19-20-18(23-17)25-11-15(22)21-9-4-6-13-5-2-3-7-14(13)21/h2-3,5,7-8,10H,4,6,9,11H2,1H3. The largest absolute Gasteiger partial charge is 0.410 e. The smallest absolute Gasteiger partial charge is 0.277 e. The first-order valence-electron chi connectivity index (χ1n) is 8.11. The molecule has 25 heavy (non-hydrogen) atoms. The first-order valence-corrected chi connectivity index (χ1v) is 9.98. The van der Waals surface area contributed by atoms with Crippen LogP contribution in [0.25, 0.3) is 10.8 Å². The molecule has 0 N–H and O–H groups in total. The Hall–Kier alpha value is -2.12. The summed E-state index contributed by atoms with van der Waals surface area (Å²) in [6.07, 6.45) is 2.02. The highest BCUT2D eigenvalue weighted by atomic mass is 32.2. The zero-order valence-electron chi connectivity index (χ0n) is 13.8. The third-order valence-electron chi connectivity index (χ3n) is 4.19. The summed E-state index contributed by atoms with van der Waals surface area (Å²) in [5.74, 6) is 0.884. The highest BCUT2D eigenvalue weighted by Crippen LogP contribution is 2.31. The lowest BCUT2D eigenvalue weighted by atomic mass is 10.0. The van der Waals surface area contributed by atoms with E-state index in [4.69, 9.17) is 4.42 Å². The zero-order chi connectivity index (χ0) is 17.2. The number of nitrogens with zero attached hydrogens (tertiary/aromatic N) is 3. The normalized spacial score (nSPS) is 13.7. The maximum absolute atomic E-state index is 12.6. The number of hydrogen-bond acceptors (Lipinski definition) is 6. The molecular weight excluding hydrogens is 354 g/mol. The second kappa shape index (κ2) is 7.01. The predicted octanol–water partition coefficient (Wildman–Crippen LogP) is 4.18. The molecular formula is C18H17N3O2S2. The van der Waals surface area contributed by atoms with Crippen molar-refractivity contribution in [1.82, 2.24) is 10.2 Å². The minimum Gasteiger partial charge on any atom is -0.410 e. The van der Waals surface area contributed by atoms with Crippen LogP contribution in [0.4, 0.5) is 5.69 Å². The number of amides is 1. The first-order chi connectivity index (χ1) is 12.2. The first kappa shape index (κ1) is 16.4.